The zero-order valence-electron chi connectivity index (χ0n) is 22.7. The summed E-state index contributed by atoms with van der Waals surface area (Å²) in [5, 5.41) is 11.6. The van der Waals surface area contributed by atoms with Gasteiger partial charge in [0.1, 0.15) is 12.4 Å². The van der Waals surface area contributed by atoms with Crippen LogP contribution in [-0.4, -0.2) is 63.5 Å². The van der Waals surface area contributed by atoms with Crippen molar-refractivity contribution < 1.29 is 14.3 Å². The van der Waals surface area contributed by atoms with Gasteiger partial charge in [-0.15, -0.1) is 0 Å². The number of benzene rings is 2. The fraction of sp³-hybridized carbons (Fsp3) is 0.310. The Hall–Kier alpha value is -4.24. The molecule has 2 aromatic carbocycles. The molecule has 0 aliphatic heterocycles. The largest absolute Gasteiger partial charge is 0.492 e. The molecule has 0 aliphatic rings. The maximum absolute atomic E-state index is 13.3. The van der Waals surface area contributed by atoms with Crippen LogP contribution in [0.3, 0.4) is 0 Å². The van der Waals surface area contributed by atoms with Gasteiger partial charge >= 0.3 is 0 Å². The van der Waals surface area contributed by atoms with Gasteiger partial charge in [-0.1, -0.05) is 6.07 Å². The fourth-order valence-corrected chi connectivity index (χ4v) is 4.09. The molecule has 1 N–H and O–H groups in total. The summed E-state index contributed by atoms with van der Waals surface area (Å²) in [5.74, 6) is 0.327. The topological polar surface area (TPSA) is 94.3 Å². The van der Waals surface area contributed by atoms with Crippen molar-refractivity contribution in [3.8, 4) is 28.0 Å². The van der Waals surface area contributed by atoms with Crippen LogP contribution in [0.4, 0.5) is 0 Å². The average Bonchev–Trinajstić information content (AvgIpc) is 3.54. The predicted octanol–water partition coefficient (Wildman–Crippen LogP) is 4.35. The summed E-state index contributed by atoms with van der Waals surface area (Å²) in [7, 11) is 5.85. The second-order valence-electron chi connectivity index (χ2n) is 9.76. The molecule has 2 aromatic heterocycles. The summed E-state index contributed by atoms with van der Waals surface area (Å²) in [5.41, 5.74) is 5.97. The first-order valence-electron chi connectivity index (χ1n) is 12.5. The van der Waals surface area contributed by atoms with Gasteiger partial charge in [-0.2, -0.15) is 10.2 Å². The van der Waals surface area contributed by atoms with Crippen molar-refractivity contribution in [2.75, 3.05) is 27.2 Å². The molecule has 2 heterocycles. The van der Waals surface area contributed by atoms with Crippen LogP contribution < -0.4 is 10.1 Å². The predicted molar refractivity (Wildman–Crippen MR) is 147 cm³/mol. The summed E-state index contributed by atoms with van der Waals surface area (Å²) < 4.78 is 8.90. The van der Waals surface area contributed by atoms with Gasteiger partial charge < -0.3 is 15.0 Å². The third-order valence-electron chi connectivity index (χ3n) is 6.34. The number of nitrogens with one attached hydrogen (secondary N) is 1. The van der Waals surface area contributed by atoms with Crippen molar-refractivity contribution in [2.45, 2.75) is 26.8 Å². The minimum atomic E-state index is -0.293. The summed E-state index contributed by atoms with van der Waals surface area (Å²) in [6.07, 6.45) is 7.12. The molecule has 0 radical (unpaired) electrons. The Balaban J connectivity index is 1.62. The molecule has 0 saturated heterocycles. The van der Waals surface area contributed by atoms with E-state index in [1.54, 1.807) is 29.3 Å². The monoisotopic (exact) mass is 514 g/mol. The van der Waals surface area contributed by atoms with E-state index in [2.05, 4.69) is 21.6 Å². The van der Waals surface area contributed by atoms with E-state index < -0.39 is 0 Å². The molecular formula is C29H34N6O3. The Kier molecular flexibility index (Phi) is 8.07. The van der Waals surface area contributed by atoms with Crippen molar-refractivity contribution in [2.24, 2.45) is 7.05 Å². The number of nitrogens with zero attached hydrogens (tertiary/aromatic N) is 5. The van der Waals surface area contributed by atoms with Gasteiger partial charge in [-0.3, -0.25) is 14.3 Å². The first-order chi connectivity index (χ1) is 18.1. The van der Waals surface area contributed by atoms with Crippen LogP contribution in [0.1, 0.15) is 46.2 Å². The van der Waals surface area contributed by atoms with Gasteiger partial charge in [-0.05, 0) is 80.5 Å². The molecule has 0 spiro atoms. The normalized spacial score (nSPS) is 12.0. The van der Waals surface area contributed by atoms with Crippen LogP contribution in [0.5, 0.6) is 5.75 Å². The van der Waals surface area contributed by atoms with E-state index in [0.717, 1.165) is 39.9 Å². The van der Waals surface area contributed by atoms with Crippen molar-refractivity contribution in [1.29, 1.82) is 0 Å². The molecule has 0 unspecified atom stereocenters. The summed E-state index contributed by atoms with van der Waals surface area (Å²) in [6, 6.07) is 11.4. The molecule has 9 heteroatoms. The number of aromatic nitrogens is 4. The van der Waals surface area contributed by atoms with Crippen molar-refractivity contribution >= 4 is 11.8 Å². The first-order valence-corrected chi connectivity index (χ1v) is 12.5. The number of likely N-dealkylation sites (N-methyl/N-ethyl adjacent to an activating group) is 1. The summed E-state index contributed by atoms with van der Waals surface area (Å²) in [6.45, 7) is 6.66. The number of hydrogen-bond donors (Lipinski definition) is 1. The molecule has 0 bridgehead atoms. The van der Waals surface area contributed by atoms with E-state index in [1.807, 2.05) is 70.4 Å². The number of ether oxygens (including phenoxy) is 1. The molecule has 4 rings (SSSR count). The fourth-order valence-electron chi connectivity index (χ4n) is 4.09. The van der Waals surface area contributed by atoms with E-state index in [0.29, 0.717) is 17.9 Å². The van der Waals surface area contributed by atoms with Gasteiger partial charge in [0.25, 0.3) is 5.91 Å². The number of carbonyl (C=O) groups excluding carboxylic acids is 2. The van der Waals surface area contributed by atoms with Crippen LogP contribution in [-0.2, 0) is 7.05 Å². The van der Waals surface area contributed by atoms with Crippen LogP contribution in [0.2, 0.25) is 0 Å². The van der Waals surface area contributed by atoms with E-state index in [9.17, 15) is 9.59 Å². The molecule has 9 nitrogen and oxygen atoms in total. The Morgan fingerprint density at radius 2 is 1.68 bits per heavy atom. The molecule has 0 fully saturated rings. The Morgan fingerprint density at radius 1 is 1.00 bits per heavy atom. The first kappa shape index (κ1) is 26.8. The molecule has 198 valence electrons. The number of hydrogen-bond acceptors (Lipinski definition) is 6. The maximum Gasteiger partial charge on any atom is 0.252 e. The molecular weight excluding hydrogens is 480 g/mol. The number of rotatable bonds is 9. The number of amides is 1. The third-order valence-corrected chi connectivity index (χ3v) is 6.34. The highest BCUT2D eigenvalue weighted by atomic mass is 16.5. The molecule has 0 saturated carbocycles. The second kappa shape index (κ2) is 11.4. The number of carbonyl (C=O) groups is 2. The van der Waals surface area contributed by atoms with Gasteiger partial charge in [-0.25, -0.2) is 4.68 Å². The Labute approximate surface area is 223 Å². The van der Waals surface area contributed by atoms with E-state index in [-0.39, 0.29) is 17.9 Å². The van der Waals surface area contributed by atoms with Crippen LogP contribution in [0.15, 0.2) is 61.2 Å². The standard InChI is InChI=1S/C29H34N6O3/c1-19-7-8-27(38-10-9-33(4)5)14-28(19)29(37)32-20(2)22-11-23(25-15-30-34(6)17-25)13-24(12-22)26-16-31-35(18-26)21(3)36/h7-8,11-18,20H,9-10H2,1-6H3,(H,32,37)/t20-/m1/s1. The third kappa shape index (κ3) is 6.36. The molecule has 38 heavy (non-hydrogen) atoms. The highest BCUT2D eigenvalue weighted by Crippen LogP contribution is 2.31. The molecule has 1 atom stereocenters. The average molecular weight is 515 g/mol. The van der Waals surface area contributed by atoms with Crippen molar-refractivity contribution in [3.05, 3.63) is 77.9 Å². The van der Waals surface area contributed by atoms with Crippen molar-refractivity contribution in [1.82, 2.24) is 29.8 Å². The highest BCUT2D eigenvalue weighted by molar-refractivity contribution is 5.96. The van der Waals surface area contributed by atoms with Gasteiger partial charge in [0.2, 0.25) is 5.91 Å². The minimum Gasteiger partial charge on any atom is -0.492 e. The zero-order valence-corrected chi connectivity index (χ0v) is 22.7. The van der Waals surface area contributed by atoms with Crippen LogP contribution in [0.25, 0.3) is 22.3 Å². The van der Waals surface area contributed by atoms with Gasteiger partial charge in [0.15, 0.2) is 0 Å². The lowest BCUT2D eigenvalue weighted by molar-refractivity contribution is 0.0918. The smallest absolute Gasteiger partial charge is 0.252 e. The van der Waals surface area contributed by atoms with Crippen LogP contribution in [0, 0.1) is 6.92 Å². The zero-order chi connectivity index (χ0) is 27.4. The van der Waals surface area contributed by atoms with Gasteiger partial charge in [0.05, 0.1) is 18.4 Å². The SMILES string of the molecule is CC(=O)n1cc(-c2cc(-c3cnn(C)c3)cc([C@@H](C)NC(=O)c3cc(OCCN(C)C)ccc3C)c2)cn1. The number of aryl methyl sites for hydroxylation is 2. The summed E-state index contributed by atoms with van der Waals surface area (Å²) >= 11 is 0. The van der Waals surface area contributed by atoms with E-state index in [4.69, 9.17) is 4.74 Å². The quantitative estimate of drug-likeness (QED) is 0.357. The minimum absolute atomic E-state index is 0.163. The molecule has 1 amide bonds. The highest BCUT2D eigenvalue weighted by Gasteiger charge is 2.17. The van der Waals surface area contributed by atoms with Crippen molar-refractivity contribution in [3.63, 3.8) is 0 Å². The van der Waals surface area contributed by atoms with Gasteiger partial charge in [0, 0.05) is 49.6 Å². The Bertz CT molecular complexity index is 1450. The van der Waals surface area contributed by atoms with Crippen LogP contribution >= 0.6 is 0 Å². The molecule has 4 aromatic rings. The lowest BCUT2D eigenvalue weighted by Crippen LogP contribution is -2.27. The lowest BCUT2D eigenvalue weighted by atomic mass is 9.96. The maximum atomic E-state index is 13.3. The van der Waals surface area contributed by atoms with E-state index >= 15 is 0 Å². The lowest BCUT2D eigenvalue weighted by Gasteiger charge is -2.18. The Morgan fingerprint density at radius 3 is 2.29 bits per heavy atom. The summed E-state index contributed by atoms with van der Waals surface area (Å²) in [4.78, 5) is 27.2. The van der Waals surface area contributed by atoms with E-state index in [1.165, 1.54) is 11.6 Å². The molecule has 0 aliphatic carbocycles. The second-order valence-corrected chi connectivity index (χ2v) is 9.76.